The molecule has 0 fully saturated rings. The molecule has 6 nitrogen and oxygen atoms in total. The summed E-state index contributed by atoms with van der Waals surface area (Å²) < 4.78 is 16.0. The van der Waals surface area contributed by atoms with Crippen LogP contribution in [0.2, 0.25) is 0 Å². The second kappa shape index (κ2) is 6.68. The summed E-state index contributed by atoms with van der Waals surface area (Å²) in [4.78, 5) is 16.4. The van der Waals surface area contributed by atoms with Gasteiger partial charge in [0.2, 0.25) is 12.7 Å². The highest BCUT2D eigenvalue weighted by atomic mass is 16.7. The molecule has 126 valence electrons. The van der Waals surface area contributed by atoms with Crippen LogP contribution in [0.5, 0.6) is 11.5 Å². The predicted octanol–water partition coefficient (Wildman–Crippen LogP) is 2.93. The van der Waals surface area contributed by atoms with Crippen molar-refractivity contribution in [3.63, 3.8) is 0 Å². The van der Waals surface area contributed by atoms with Gasteiger partial charge in [-0.1, -0.05) is 6.07 Å². The zero-order chi connectivity index (χ0) is 17.1. The Kier molecular flexibility index (Phi) is 4.08. The summed E-state index contributed by atoms with van der Waals surface area (Å²) in [6, 6.07) is 11.2. The predicted molar refractivity (Wildman–Crippen MR) is 90.1 cm³/mol. The van der Waals surface area contributed by atoms with Crippen LogP contribution in [0, 0.1) is 0 Å². The lowest BCUT2D eigenvalue weighted by molar-refractivity contribution is -0.120. The molecule has 6 heteroatoms. The SMILES string of the molecule is O=C(Cc1ccc2c(c1)OCO2)NCc1cncc(-c2ccco2)c1. The molecule has 1 aromatic carbocycles. The molecule has 1 N–H and O–H groups in total. The van der Waals surface area contributed by atoms with Crippen molar-refractivity contribution in [3.8, 4) is 22.8 Å². The number of ether oxygens (including phenoxy) is 2. The van der Waals surface area contributed by atoms with Crippen molar-refractivity contribution in [1.29, 1.82) is 0 Å². The summed E-state index contributed by atoms with van der Waals surface area (Å²) in [5.74, 6) is 2.08. The second-order valence-electron chi connectivity index (χ2n) is 5.70. The van der Waals surface area contributed by atoms with E-state index >= 15 is 0 Å². The highest BCUT2D eigenvalue weighted by Gasteiger charge is 2.14. The highest BCUT2D eigenvalue weighted by molar-refractivity contribution is 5.78. The molecule has 0 saturated heterocycles. The van der Waals surface area contributed by atoms with Crippen molar-refractivity contribution in [2.45, 2.75) is 13.0 Å². The Morgan fingerprint density at radius 1 is 1.08 bits per heavy atom. The molecule has 0 bridgehead atoms. The number of fused-ring (bicyclic) bond motifs is 1. The van der Waals surface area contributed by atoms with Gasteiger partial charge in [0.25, 0.3) is 0 Å². The molecule has 3 heterocycles. The third-order valence-electron chi connectivity index (χ3n) is 3.89. The van der Waals surface area contributed by atoms with Crippen molar-refractivity contribution >= 4 is 5.91 Å². The number of aromatic nitrogens is 1. The number of pyridine rings is 1. The van der Waals surface area contributed by atoms with Crippen LogP contribution in [0.15, 0.2) is 59.5 Å². The Balaban J connectivity index is 1.37. The minimum Gasteiger partial charge on any atom is -0.464 e. The fraction of sp³-hybridized carbons (Fsp3) is 0.158. The number of hydrogen-bond acceptors (Lipinski definition) is 5. The first-order valence-electron chi connectivity index (χ1n) is 7.91. The van der Waals surface area contributed by atoms with Gasteiger partial charge in [-0.25, -0.2) is 0 Å². The summed E-state index contributed by atoms with van der Waals surface area (Å²) in [6.07, 6.45) is 5.36. The number of carbonyl (C=O) groups excluding carboxylic acids is 1. The molecule has 0 saturated carbocycles. The first-order chi connectivity index (χ1) is 12.3. The summed E-state index contributed by atoms with van der Waals surface area (Å²) in [5.41, 5.74) is 2.67. The van der Waals surface area contributed by atoms with E-state index in [1.165, 1.54) is 0 Å². The van der Waals surface area contributed by atoms with Crippen LogP contribution in [0.25, 0.3) is 11.3 Å². The van der Waals surface area contributed by atoms with E-state index in [1.807, 2.05) is 36.4 Å². The fourth-order valence-corrected chi connectivity index (χ4v) is 2.66. The van der Waals surface area contributed by atoms with Crippen molar-refractivity contribution in [3.05, 3.63) is 66.2 Å². The quantitative estimate of drug-likeness (QED) is 0.775. The topological polar surface area (TPSA) is 73.6 Å². The highest BCUT2D eigenvalue weighted by Crippen LogP contribution is 2.32. The van der Waals surface area contributed by atoms with E-state index in [9.17, 15) is 4.79 Å². The molecule has 25 heavy (non-hydrogen) atoms. The van der Waals surface area contributed by atoms with Crippen molar-refractivity contribution in [1.82, 2.24) is 10.3 Å². The molecule has 1 aliphatic rings. The van der Waals surface area contributed by atoms with E-state index in [2.05, 4.69) is 10.3 Å². The maximum atomic E-state index is 12.2. The minimum atomic E-state index is -0.0673. The van der Waals surface area contributed by atoms with E-state index in [0.717, 1.165) is 22.5 Å². The maximum absolute atomic E-state index is 12.2. The van der Waals surface area contributed by atoms with Gasteiger partial charge in [-0.2, -0.15) is 0 Å². The van der Waals surface area contributed by atoms with Crippen LogP contribution in [-0.2, 0) is 17.8 Å². The summed E-state index contributed by atoms with van der Waals surface area (Å²) in [7, 11) is 0. The number of amides is 1. The molecule has 1 aliphatic heterocycles. The average Bonchev–Trinajstić information content (AvgIpc) is 3.31. The van der Waals surface area contributed by atoms with Gasteiger partial charge in [-0.05, 0) is 41.5 Å². The third-order valence-corrected chi connectivity index (χ3v) is 3.89. The summed E-state index contributed by atoms with van der Waals surface area (Å²) >= 11 is 0. The van der Waals surface area contributed by atoms with E-state index in [1.54, 1.807) is 18.7 Å². The molecule has 0 radical (unpaired) electrons. The molecular formula is C19H16N2O4. The molecule has 0 atom stereocenters. The van der Waals surface area contributed by atoms with Crippen LogP contribution < -0.4 is 14.8 Å². The summed E-state index contributed by atoms with van der Waals surface area (Å²) in [6.45, 7) is 0.634. The Bertz CT molecular complexity index is 890. The van der Waals surface area contributed by atoms with Gasteiger partial charge in [-0.3, -0.25) is 9.78 Å². The monoisotopic (exact) mass is 336 g/mol. The second-order valence-corrected chi connectivity index (χ2v) is 5.70. The van der Waals surface area contributed by atoms with Gasteiger partial charge >= 0.3 is 0 Å². The number of benzene rings is 1. The van der Waals surface area contributed by atoms with Crippen molar-refractivity contribution in [2.24, 2.45) is 0 Å². The normalized spacial score (nSPS) is 12.2. The zero-order valence-corrected chi connectivity index (χ0v) is 13.4. The number of furan rings is 1. The van der Waals surface area contributed by atoms with E-state index in [4.69, 9.17) is 13.9 Å². The lowest BCUT2D eigenvalue weighted by Gasteiger charge is -2.07. The van der Waals surface area contributed by atoms with E-state index < -0.39 is 0 Å². The molecule has 0 aliphatic carbocycles. The van der Waals surface area contributed by atoms with Gasteiger partial charge in [0.1, 0.15) is 5.76 Å². The van der Waals surface area contributed by atoms with Gasteiger partial charge in [0, 0.05) is 24.5 Å². The van der Waals surface area contributed by atoms with Crippen LogP contribution in [0.4, 0.5) is 0 Å². The Hall–Kier alpha value is -3.28. The third kappa shape index (κ3) is 3.47. The van der Waals surface area contributed by atoms with E-state index in [0.29, 0.717) is 18.0 Å². The van der Waals surface area contributed by atoms with Crippen molar-refractivity contribution in [2.75, 3.05) is 6.79 Å². The summed E-state index contributed by atoms with van der Waals surface area (Å²) in [5, 5.41) is 2.91. The number of nitrogens with one attached hydrogen (secondary N) is 1. The van der Waals surface area contributed by atoms with Gasteiger partial charge in [-0.15, -0.1) is 0 Å². The number of rotatable bonds is 5. The Labute approximate surface area is 144 Å². The molecular weight excluding hydrogens is 320 g/mol. The first kappa shape index (κ1) is 15.3. The molecule has 2 aromatic heterocycles. The first-order valence-corrected chi connectivity index (χ1v) is 7.91. The molecule has 4 rings (SSSR count). The maximum Gasteiger partial charge on any atom is 0.231 e. The molecule has 0 spiro atoms. The smallest absolute Gasteiger partial charge is 0.231 e. The number of nitrogens with zero attached hydrogens (tertiary/aromatic N) is 1. The van der Waals surface area contributed by atoms with Gasteiger partial charge in [0.05, 0.1) is 12.7 Å². The van der Waals surface area contributed by atoms with Crippen LogP contribution >= 0.6 is 0 Å². The van der Waals surface area contributed by atoms with Crippen molar-refractivity contribution < 1.29 is 18.7 Å². The largest absolute Gasteiger partial charge is 0.464 e. The van der Waals surface area contributed by atoms with Crippen LogP contribution in [0.1, 0.15) is 11.1 Å². The Morgan fingerprint density at radius 3 is 2.88 bits per heavy atom. The zero-order valence-electron chi connectivity index (χ0n) is 13.4. The molecule has 1 amide bonds. The van der Waals surface area contributed by atoms with Crippen LogP contribution in [-0.4, -0.2) is 17.7 Å². The van der Waals surface area contributed by atoms with Gasteiger partial charge in [0.15, 0.2) is 11.5 Å². The lowest BCUT2D eigenvalue weighted by atomic mass is 10.1. The molecule has 0 unspecified atom stereocenters. The minimum absolute atomic E-state index is 0.0673. The lowest BCUT2D eigenvalue weighted by Crippen LogP contribution is -2.24. The number of carbonyl (C=O) groups is 1. The fourth-order valence-electron chi connectivity index (χ4n) is 2.66. The van der Waals surface area contributed by atoms with Gasteiger partial charge < -0.3 is 19.2 Å². The standard InChI is InChI=1S/C19H16N2O4/c22-19(8-13-3-4-17-18(7-13)25-12-24-17)21-10-14-6-15(11-20-9-14)16-2-1-5-23-16/h1-7,9,11H,8,10,12H2,(H,21,22). The Morgan fingerprint density at radius 2 is 2.00 bits per heavy atom. The number of hydrogen-bond donors (Lipinski definition) is 1. The van der Waals surface area contributed by atoms with Crippen LogP contribution in [0.3, 0.4) is 0 Å². The average molecular weight is 336 g/mol. The van der Waals surface area contributed by atoms with E-state index in [-0.39, 0.29) is 19.1 Å². The molecule has 3 aromatic rings.